The van der Waals surface area contributed by atoms with Crippen LogP contribution in [0.3, 0.4) is 0 Å². The fraction of sp³-hybridized carbons (Fsp3) is 0.500. The predicted molar refractivity (Wildman–Crippen MR) is 95.5 cm³/mol. The Labute approximate surface area is 143 Å². The number of allylic oxidation sites excluding steroid dienone is 2. The van der Waals surface area contributed by atoms with Gasteiger partial charge < -0.3 is 9.47 Å². The van der Waals surface area contributed by atoms with Crippen LogP contribution in [0.4, 0.5) is 0 Å². The van der Waals surface area contributed by atoms with Crippen molar-refractivity contribution in [3.8, 4) is 0 Å². The van der Waals surface area contributed by atoms with E-state index in [1.165, 1.54) is 6.42 Å². The summed E-state index contributed by atoms with van der Waals surface area (Å²) in [6, 6.07) is 8.34. The number of hydrogen-bond donors (Lipinski definition) is 0. The number of hydrogen-bond acceptors (Lipinski definition) is 2. The number of aromatic nitrogens is 2. The number of amides is 1. The monoisotopic (exact) mass is 323 g/mol. The second-order valence-electron chi connectivity index (χ2n) is 7.09. The SMILES string of the molecule is Cn1c(C2CCCCN2C(=O)CC2C=CCC2)nc2ccccc21. The molecule has 0 radical (unpaired) electrons. The fourth-order valence-electron chi connectivity index (χ4n) is 4.17. The molecule has 4 rings (SSSR count). The van der Waals surface area contributed by atoms with Crippen molar-refractivity contribution in [3.63, 3.8) is 0 Å². The zero-order valence-electron chi connectivity index (χ0n) is 14.3. The molecular weight excluding hydrogens is 298 g/mol. The number of carbonyl (C=O) groups is 1. The molecule has 1 saturated heterocycles. The van der Waals surface area contributed by atoms with E-state index in [0.29, 0.717) is 18.2 Å². The highest BCUT2D eigenvalue weighted by atomic mass is 16.2. The molecule has 4 heteroatoms. The minimum atomic E-state index is 0.119. The average molecular weight is 323 g/mol. The molecule has 2 aromatic rings. The van der Waals surface area contributed by atoms with Crippen LogP contribution in [0, 0.1) is 5.92 Å². The van der Waals surface area contributed by atoms with Crippen molar-refractivity contribution >= 4 is 16.9 Å². The standard InChI is InChI=1S/C20H25N3O/c1-22-17-11-5-4-10-16(17)21-20(22)18-12-6-7-13-23(18)19(24)14-15-8-2-3-9-15/h2,4-5,8,10-11,15,18H,3,6-7,9,12-14H2,1H3. The molecule has 1 aliphatic carbocycles. The fourth-order valence-corrected chi connectivity index (χ4v) is 4.17. The Morgan fingerprint density at radius 2 is 2.12 bits per heavy atom. The van der Waals surface area contributed by atoms with E-state index in [2.05, 4.69) is 40.8 Å². The molecule has 2 heterocycles. The summed E-state index contributed by atoms with van der Waals surface area (Å²) in [5.74, 6) is 1.76. The minimum absolute atomic E-state index is 0.119. The van der Waals surface area contributed by atoms with Gasteiger partial charge in [-0.2, -0.15) is 0 Å². The number of benzene rings is 1. The van der Waals surface area contributed by atoms with Crippen LogP contribution in [-0.4, -0.2) is 26.9 Å². The summed E-state index contributed by atoms with van der Waals surface area (Å²) in [6.07, 6.45) is 10.6. The Hall–Kier alpha value is -2.10. The highest BCUT2D eigenvalue weighted by Gasteiger charge is 2.32. The molecule has 1 amide bonds. The van der Waals surface area contributed by atoms with E-state index in [-0.39, 0.29) is 6.04 Å². The van der Waals surface area contributed by atoms with Crippen LogP contribution in [0.5, 0.6) is 0 Å². The van der Waals surface area contributed by atoms with Crippen LogP contribution in [0.25, 0.3) is 11.0 Å². The highest BCUT2D eigenvalue weighted by Crippen LogP contribution is 2.33. The molecule has 4 nitrogen and oxygen atoms in total. The molecular formula is C20H25N3O. The van der Waals surface area contributed by atoms with Gasteiger partial charge in [-0.05, 0) is 50.2 Å². The quantitative estimate of drug-likeness (QED) is 0.801. The van der Waals surface area contributed by atoms with Crippen LogP contribution < -0.4 is 0 Å². The van der Waals surface area contributed by atoms with Crippen molar-refractivity contribution in [2.45, 2.75) is 44.6 Å². The van der Waals surface area contributed by atoms with Crippen LogP contribution in [0.15, 0.2) is 36.4 Å². The van der Waals surface area contributed by atoms with Crippen LogP contribution in [-0.2, 0) is 11.8 Å². The lowest BCUT2D eigenvalue weighted by atomic mass is 9.98. The normalized spacial score (nSPS) is 24.0. The van der Waals surface area contributed by atoms with Gasteiger partial charge in [0, 0.05) is 20.0 Å². The van der Waals surface area contributed by atoms with Crippen molar-refractivity contribution in [3.05, 3.63) is 42.2 Å². The lowest BCUT2D eigenvalue weighted by molar-refractivity contribution is -0.136. The molecule has 0 saturated carbocycles. The number of rotatable bonds is 3. The largest absolute Gasteiger partial charge is 0.332 e. The van der Waals surface area contributed by atoms with Gasteiger partial charge in [0.05, 0.1) is 17.1 Å². The number of piperidine rings is 1. The summed E-state index contributed by atoms with van der Waals surface area (Å²) >= 11 is 0. The summed E-state index contributed by atoms with van der Waals surface area (Å²) in [5.41, 5.74) is 2.16. The van der Waals surface area contributed by atoms with E-state index < -0.39 is 0 Å². The average Bonchev–Trinajstić information content (AvgIpc) is 3.23. The molecule has 0 bridgehead atoms. The Morgan fingerprint density at radius 3 is 2.92 bits per heavy atom. The molecule has 1 aliphatic heterocycles. The maximum atomic E-state index is 12.9. The summed E-state index contributed by atoms with van der Waals surface area (Å²) < 4.78 is 2.17. The van der Waals surface area contributed by atoms with Crippen molar-refractivity contribution in [2.24, 2.45) is 13.0 Å². The Kier molecular flexibility index (Phi) is 4.13. The van der Waals surface area contributed by atoms with E-state index in [4.69, 9.17) is 4.98 Å². The van der Waals surface area contributed by atoms with Gasteiger partial charge in [0.1, 0.15) is 5.82 Å². The minimum Gasteiger partial charge on any atom is -0.332 e. The van der Waals surface area contributed by atoms with Crippen molar-refractivity contribution < 1.29 is 4.79 Å². The first-order valence-corrected chi connectivity index (χ1v) is 9.11. The second-order valence-corrected chi connectivity index (χ2v) is 7.09. The number of carbonyl (C=O) groups excluding carboxylic acids is 1. The van der Waals surface area contributed by atoms with Crippen LogP contribution >= 0.6 is 0 Å². The lowest BCUT2D eigenvalue weighted by Crippen LogP contribution is -2.40. The number of aryl methyl sites for hydroxylation is 1. The Morgan fingerprint density at radius 1 is 1.25 bits per heavy atom. The highest BCUT2D eigenvalue weighted by molar-refractivity contribution is 5.78. The first-order chi connectivity index (χ1) is 11.7. The van der Waals surface area contributed by atoms with E-state index in [1.807, 2.05) is 12.1 Å². The molecule has 0 spiro atoms. The smallest absolute Gasteiger partial charge is 0.223 e. The molecule has 1 aromatic carbocycles. The van der Waals surface area contributed by atoms with Crippen molar-refractivity contribution in [2.75, 3.05) is 6.54 Å². The van der Waals surface area contributed by atoms with E-state index in [1.54, 1.807) is 0 Å². The van der Waals surface area contributed by atoms with Crippen molar-refractivity contribution in [1.29, 1.82) is 0 Å². The van der Waals surface area contributed by atoms with Crippen molar-refractivity contribution in [1.82, 2.24) is 14.5 Å². The molecule has 24 heavy (non-hydrogen) atoms. The van der Waals surface area contributed by atoms with E-state index in [9.17, 15) is 4.79 Å². The van der Waals surface area contributed by atoms with Gasteiger partial charge in [0.15, 0.2) is 0 Å². The number of imidazole rings is 1. The van der Waals surface area contributed by atoms with Crippen LogP contribution in [0.1, 0.15) is 50.4 Å². The Bertz CT molecular complexity index is 776. The van der Waals surface area contributed by atoms with Gasteiger partial charge in [0.2, 0.25) is 5.91 Å². The van der Waals surface area contributed by atoms with Gasteiger partial charge >= 0.3 is 0 Å². The first kappa shape index (κ1) is 15.4. The number of fused-ring (bicyclic) bond motifs is 1. The third kappa shape index (κ3) is 2.74. The van der Waals surface area contributed by atoms with Gasteiger partial charge in [-0.3, -0.25) is 4.79 Å². The molecule has 1 aromatic heterocycles. The zero-order valence-corrected chi connectivity index (χ0v) is 14.3. The number of likely N-dealkylation sites (tertiary alicyclic amines) is 1. The Balaban J connectivity index is 1.62. The maximum Gasteiger partial charge on any atom is 0.223 e. The summed E-state index contributed by atoms with van der Waals surface area (Å²) in [6.45, 7) is 0.864. The van der Waals surface area contributed by atoms with Gasteiger partial charge in [0.25, 0.3) is 0 Å². The van der Waals surface area contributed by atoms with E-state index in [0.717, 1.165) is 49.1 Å². The molecule has 0 N–H and O–H groups in total. The topological polar surface area (TPSA) is 38.1 Å². The zero-order chi connectivity index (χ0) is 16.5. The van der Waals surface area contributed by atoms with Gasteiger partial charge in [-0.1, -0.05) is 24.3 Å². The third-order valence-electron chi connectivity index (χ3n) is 5.49. The predicted octanol–water partition coefficient (Wildman–Crippen LogP) is 3.98. The first-order valence-electron chi connectivity index (χ1n) is 9.11. The van der Waals surface area contributed by atoms with Gasteiger partial charge in [-0.25, -0.2) is 4.98 Å². The maximum absolute atomic E-state index is 12.9. The summed E-state index contributed by atoms with van der Waals surface area (Å²) in [7, 11) is 2.07. The number of nitrogens with zero attached hydrogens (tertiary/aromatic N) is 3. The van der Waals surface area contributed by atoms with E-state index >= 15 is 0 Å². The molecule has 2 atom stereocenters. The summed E-state index contributed by atoms with van der Waals surface area (Å²) in [4.78, 5) is 19.9. The summed E-state index contributed by atoms with van der Waals surface area (Å²) in [5, 5.41) is 0. The van der Waals surface area contributed by atoms with Gasteiger partial charge in [-0.15, -0.1) is 0 Å². The van der Waals surface area contributed by atoms with Crippen LogP contribution in [0.2, 0.25) is 0 Å². The molecule has 126 valence electrons. The lowest BCUT2D eigenvalue weighted by Gasteiger charge is -2.36. The molecule has 2 unspecified atom stereocenters. The second kappa shape index (κ2) is 6.42. The third-order valence-corrected chi connectivity index (χ3v) is 5.49. The molecule has 1 fully saturated rings. The molecule has 2 aliphatic rings. The number of para-hydroxylation sites is 2.